The van der Waals surface area contributed by atoms with E-state index in [-0.39, 0.29) is 6.61 Å². The molecule has 2 heterocycles. The number of anilines is 2. The Labute approximate surface area is 132 Å². The van der Waals surface area contributed by atoms with Gasteiger partial charge in [0.05, 0.1) is 5.39 Å². The summed E-state index contributed by atoms with van der Waals surface area (Å²) in [4.78, 5) is 11.0. The van der Waals surface area contributed by atoms with Crippen LogP contribution >= 0.6 is 23.1 Å². The van der Waals surface area contributed by atoms with Gasteiger partial charge in [0.15, 0.2) is 0 Å². The highest BCUT2D eigenvalue weighted by Gasteiger charge is 2.10. The molecular weight excluding hydrogens is 306 g/mol. The minimum Gasteiger partial charge on any atom is -0.396 e. The zero-order chi connectivity index (χ0) is 15.1. The van der Waals surface area contributed by atoms with E-state index < -0.39 is 0 Å². The number of nitrogens with two attached hydrogens (primary N) is 1. The molecule has 0 radical (unpaired) electrons. The number of aliphatic hydroxyl groups is 1. The number of thiophene rings is 1. The molecule has 0 saturated heterocycles. The van der Waals surface area contributed by atoms with E-state index in [1.54, 1.807) is 11.3 Å². The summed E-state index contributed by atoms with van der Waals surface area (Å²) in [6.07, 6.45) is 1.83. The molecule has 0 aliphatic carbocycles. The summed E-state index contributed by atoms with van der Waals surface area (Å²) in [7, 11) is 0. The molecule has 0 saturated carbocycles. The molecule has 0 atom stereocenters. The van der Waals surface area contributed by atoms with Crippen molar-refractivity contribution in [3.8, 4) is 0 Å². The Balaban J connectivity index is 2.04. The van der Waals surface area contributed by atoms with Crippen molar-refractivity contribution in [3.05, 3.63) is 10.9 Å². The lowest BCUT2D eigenvalue weighted by Crippen LogP contribution is -2.13. The first-order valence-electron chi connectivity index (χ1n) is 6.98. The summed E-state index contributed by atoms with van der Waals surface area (Å²) >= 11 is 3.49. The highest BCUT2D eigenvalue weighted by Crippen LogP contribution is 2.30. The van der Waals surface area contributed by atoms with Gasteiger partial charge in [-0.3, -0.25) is 5.43 Å². The van der Waals surface area contributed by atoms with E-state index in [4.69, 9.17) is 10.9 Å². The number of nitrogens with zero attached hydrogens (tertiary/aromatic N) is 2. The third kappa shape index (κ3) is 4.44. The van der Waals surface area contributed by atoms with Crippen molar-refractivity contribution in [2.24, 2.45) is 5.84 Å². The van der Waals surface area contributed by atoms with Gasteiger partial charge in [-0.25, -0.2) is 10.8 Å². The van der Waals surface area contributed by atoms with Crippen molar-refractivity contribution in [1.82, 2.24) is 9.97 Å². The Kier molecular flexibility index (Phi) is 6.50. The van der Waals surface area contributed by atoms with Crippen molar-refractivity contribution >= 4 is 45.1 Å². The first-order valence-corrected chi connectivity index (χ1v) is 8.95. The Morgan fingerprint density at radius 1 is 1.38 bits per heavy atom. The van der Waals surface area contributed by atoms with Gasteiger partial charge >= 0.3 is 0 Å². The molecule has 0 bridgehead atoms. The van der Waals surface area contributed by atoms with Crippen molar-refractivity contribution in [2.75, 3.05) is 35.4 Å². The maximum Gasteiger partial charge on any atom is 0.240 e. The average Bonchev–Trinajstić information content (AvgIpc) is 2.93. The number of nitrogens with one attached hydrogen (secondary N) is 2. The first-order chi connectivity index (χ1) is 10.3. The normalized spacial score (nSPS) is 11.0. The van der Waals surface area contributed by atoms with Gasteiger partial charge in [-0.05, 0) is 24.7 Å². The summed E-state index contributed by atoms with van der Waals surface area (Å²) in [6.45, 7) is 3.21. The molecule has 21 heavy (non-hydrogen) atoms. The Morgan fingerprint density at radius 2 is 2.24 bits per heavy atom. The van der Waals surface area contributed by atoms with Gasteiger partial charge in [-0.15, -0.1) is 11.3 Å². The topological polar surface area (TPSA) is 96.1 Å². The second-order valence-corrected chi connectivity index (χ2v) is 6.78. The zero-order valence-electron chi connectivity index (χ0n) is 12.1. The highest BCUT2D eigenvalue weighted by atomic mass is 32.2. The van der Waals surface area contributed by atoms with E-state index in [1.807, 2.05) is 11.8 Å². The standard InChI is InChI=1S/C13H21N5OS2/c1-2-9-8-10-11(15-4-7-20-6-3-5-19)16-13(18-14)17-12(10)21-9/h8,19H,2-7,14H2,1H3,(H2,15,16,17,18). The Hall–Kier alpha value is -1.09. The Morgan fingerprint density at radius 3 is 2.95 bits per heavy atom. The molecule has 2 rings (SSSR count). The molecule has 0 amide bonds. The van der Waals surface area contributed by atoms with E-state index in [9.17, 15) is 0 Å². The van der Waals surface area contributed by atoms with Gasteiger partial charge in [0, 0.05) is 23.8 Å². The summed E-state index contributed by atoms with van der Waals surface area (Å²) in [5.41, 5.74) is 2.52. The van der Waals surface area contributed by atoms with Crippen LogP contribution in [0.25, 0.3) is 10.2 Å². The van der Waals surface area contributed by atoms with E-state index in [0.29, 0.717) is 5.95 Å². The fourth-order valence-electron chi connectivity index (χ4n) is 1.86. The molecule has 0 aliphatic rings. The largest absolute Gasteiger partial charge is 0.396 e. The number of nitrogen functional groups attached to an aromatic ring is 1. The number of hydrazine groups is 1. The van der Waals surface area contributed by atoms with Gasteiger partial charge in [0.1, 0.15) is 10.6 Å². The fraction of sp³-hybridized carbons (Fsp3) is 0.538. The van der Waals surface area contributed by atoms with Crippen LogP contribution < -0.4 is 16.6 Å². The van der Waals surface area contributed by atoms with Crippen LogP contribution in [0.5, 0.6) is 0 Å². The van der Waals surface area contributed by atoms with Crippen LogP contribution in [0.2, 0.25) is 0 Å². The molecule has 116 valence electrons. The summed E-state index contributed by atoms with van der Waals surface area (Å²) in [5, 5.41) is 13.1. The quantitative estimate of drug-likeness (QED) is 0.318. The molecule has 5 N–H and O–H groups in total. The number of aryl methyl sites for hydroxylation is 1. The molecule has 2 aromatic rings. The van der Waals surface area contributed by atoms with Crippen molar-refractivity contribution < 1.29 is 5.11 Å². The van der Waals surface area contributed by atoms with Crippen LogP contribution in [0, 0.1) is 0 Å². The van der Waals surface area contributed by atoms with Crippen LogP contribution in [-0.4, -0.2) is 39.7 Å². The molecule has 0 spiro atoms. The average molecular weight is 327 g/mol. The van der Waals surface area contributed by atoms with Crippen LogP contribution in [0.3, 0.4) is 0 Å². The van der Waals surface area contributed by atoms with Gasteiger partial charge in [0.2, 0.25) is 5.95 Å². The lowest BCUT2D eigenvalue weighted by atomic mass is 10.3. The van der Waals surface area contributed by atoms with E-state index in [1.165, 1.54) is 4.88 Å². The van der Waals surface area contributed by atoms with Gasteiger partial charge in [-0.1, -0.05) is 6.92 Å². The van der Waals surface area contributed by atoms with E-state index >= 15 is 0 Å². The van der Waals surface area contributed by atoms with Gasteiger partial charge in [0.25, 0.3) is 0 Å². The molecule has 0 fully saturated rings. The number of fused-ring (bicyclic) bond motifs is 1. The number of thioether (sulfide) groups is 1. The summed E-state index contributed by atoms with van der Waals surface area (Å²) in [6, 6.07) is 2.14. The highest BCUT2D eigenvalue weighted by molar-refractivity contribution is 7.99. The number of aliphatic hydroxyl groups excluding tert-OH is 1. The maximum atomic E-state index is 8.74. The first kappa shape index (κ1) is 16.3. The predicted molar refractivity (Wildman–Crippen MR) is 92.1 cm³/mol. The third-order valence-electron chi connectivity index (χ3n) is 2.91. The molecule has 0 aromatic carbocycles. The molecule has 2 aromatic heterocycles. The summed E-state index contributed by atoms with van der Waals surface area (Å²) in [5.74, 6) is 8.64. The van der Waals surface area contributed by atoms with Gasteiger partial charge < -0.3 is 10.4 Å². The number of hydrogen-bond donors (Lipinski definition) is 4. The van der Waals surface area contributed by atoms with Crippen LogP contribution in [0.4, 0.5) is 11.8 Å². The maximum absolute atomic E-state index is 8.74. The van der Waals surface area contributed by atoms with E-state index in [0.717, 1.165) is 46.9 Å². The zero-order valence-corrected chi connectivity index (χ0v) is 13.7. The van der Waals surface area contributed by atoms with Crippen LogP contribution in [-0.2, 0) is 6.42 Å². The minimum atomic E-state index is 0.257. The molecule has 0 aliphatic heterocycles. The van der Waals surface area contributed by atoms with Crippen molar-refractivity contribution in [2.45, 2.75) is 19.8 Å². The van der Waals surface area contributed by atoms with Crippen molar-refractivity contribution in [3.63, 3.8) is 0 Å². The van der Waals surface area contributed by atoms with E-state index in [2.05, 4.69) is 33.7 Å². The number of rotatable bonds is 9. The summed E-state index contributed by atoms with van der Waals surface area (Å²) < 4.78 is 0. The third-order valence-corrected chi connectivity index (χ3v) is 5.15. The smallest absolute Gasteiger partial charge is 0.240 e. The molecular formula is C13H21N5OS2. The Bertz CT molecular complexity index is 575. The second-order valence-electron chi connectivity index (χ2n) is 4.44. The SMILES string of the molecule is CCc1cc2c(NCCSCCCO)nc(NN)nc2s1. The molecule has 8 heteroatoms. The number of hydrogen-bond acceptors (Lipinski definition) is 8. The van der Waals surface area contributed by atoms with Crippen molar-refractivity contribution in [1.29, 1.82) is 0 Å². The minimum absolute atomic E-state index is 0.257. The monoisotopic (exact) mass is 327 g/mol. The number of aromatic nitrogens is 2. The fourth-order valence-corrected chi connectivity index (χ4v) is 3.61. The molecule has 0 unspecified atom stereocenters. The lowest BCUT2D eigenvalue weighted by Gasteiger charge is -2.08. The van der Waals surface area contributed by atoms with Gasteiger partial charge in [-0.2, -0.15) is 16.7 Å². The molecule has 6 nitrogen and oxygen atoms in total. The second kappa shape index (κ2) is 8.38. The van der Waals surface area contributed by atoms with Crippen LogP contribution in [0.15, 0.2) is 6.07 Å². The van der Waals surface area contributed by atoms with Crippen LogP contribution in [0.1, 0.15) is 18.2 Å². The predicted octanol–water partition coefficient (Wildman–Crippen LogP) is 2.07. The lowest BCUT2D eigenvalue weighted by molar-refractivity contribution is 0.296.